The average molecular weight is 278 g/mol. The maximum atomic E-state index is 12.5. The molecule has 0 aliphatic carbocycles. The van der Waals surface area contributed by atoms with Crippen LogP contribution in [0.1, 0.15) is 13.8 Å². The summed E-state index contributed by atoms with van der Waals surface area (Å²) in [6, 6.07) is 0. The Bertz CT molecular complexity index is 546. The normalized spacial score (nSPS) is 21.2. The van der Waals surface area contributed by atoms with E-state index in [1.165, 1.54) is 0 Å². The zero-order valence-corrected chi connectivity index (χ0v) is 12.4. The van der Waals surface area contributed by atoms with Gasteiger partial charge in [0.05, 0.1) is 0 Å². The van der Waals surface area contributed by atoms with Crippen LogP contribution in [-0.2, 0) is 9.13 Å². The zero-order valence-electron chi connectivity index (χ0n) is 10.6. The summed E-state index contributed by atoms with van der Waals surface area (Å²) in [6.07, 6.45) is 10.1. The molecular weight excluding hydrogens is 262 g/mol. The molecule has 4 heteroatoms. The minimum absolute atomic E-state index is 0.581. The second kappa shape index (κ2) is 6.54. The summed E-state index contributed by atoms with van der Waals surface area (Å²) in [5.41, 5.74) is 0. The van der Waals surface area contributed by atoms with Crippen molar-refractivity contribution in [3.05, 3.63) is 70.9 Å². The van der Waals surface area contributed by atoms with Crippen molar-refractivity contribution >= 4 is 15.6 Å². The quantitative estimate of drug-likeness (QED) is 0.495. The van der Waals surface area contributed by atoms with Crippen LogP contribution in [0.4, 0.5) is 0 Å². The molecule has 0 spiro atoms. The molecule has 2 unspecified atom stereocenters. The van der Waals surface area contributed by atoms with Crippen molar-refractivity contribution in [3.8, 4) is 0 Å². The van der Waals surface area contributed by atoms with Crippen molar-refractivity contribution in [2.45, 2.75) is 13.8 Å². The molecule has 0 saturated heterocycles. The van der Waals surface area contributed by atoms with Gasteiger partial charge in [-0.15, -0.1) is 0 Å². The molecule has 2 nitrogen and oxygen atoms in total. The van der Waals surface area contributed by atoms with E-state index in [0.717, 1.165) is 0 Å². The Morgan fingerprint density at radius 1 is 1.00 bits per heavy atom. The summed E-state index contributed by atoms with van der Waals surface area (Å²) in [5.74, 6) is 0. The predicted octanol–water partition coefficient (Wildman–Crippen LogP) is 5.60. The lowest BCUT2D eigenvalue weighted by atomic mass is 10.4. The van der Waals surface area contributed by atoms with E-state index in [9.17, 15) is 9.13 Å². The van der Waals surface area contributed by atoms with Gasteiger partial charge in [0.1, 0.15) is 0 Å². The first-order valence-corrected chi connectivity index (χ1v) is 8.04. The summed E-state index contributed by atoms with van der Waals surface area (Å²) < 4.78 is 24.8. The van der Waals surface area contributed by atoms with Gasteiger partial charge in [0, 0.05) is 6.92 Å². The van der Waals surface area contributed by atoms with Gasteiger partial charge in [0.2, 0.25) is 21.3 Å². The lowest BCUT2D eigenvalue weighted by molar-refractivity contribution is 0.590. The molecule has 0 radical (unpaired) electrons. The first-order chi connectivity index (χ1) is 8.58. The SMILES string of the molecule is C=C/C=C\C1=C(C)[P+](=O)C(C=C)=C(/C=C\C)[P+]1=O. The lowest BCUT2D eigenvalue weighted by Gasteiger charge is -1.98. The van der Waals surface area contributed by atoms with E-state index in [2.05, 4.69) is 13.2 Å². The molecule has 0 aromatic carbocycles. The molecule has 0 N–H and O–H groups in total. The van der Waals surface area contributed by atoms with Gasteiger partial charge >= 0.3 is 15.6 Å². The Hall–Kier alpha value is -1.36. The minimum atomic E-state index is -1.71. The largest absolute Gasteiger partial charge is 0.424 e. The highest BCUT2D eigenvalue weighted by molar-refractivity contribution is 7.63. The van der Waals surface area contributed by atoms with Crippen molar-refractivity contribution in [2.75, 3.05) is 0 Å². The molecule has 92 valence electrons. The molecule has 2 atom stereocenters. The molecule has 1 heterocycles. The van der Waals surface area contributed by atoms with Crippen molar-refractivity contribution in [1.29, 1.82) is 0 Å². The fraction of sp³-hybridized carbons (Fsp3) is 0.143. The van der Waals surface area contributed by atoms with E-state index in [1.54, 1.807) is 43.4 Å². The van der Waals surface area contributed by atoms with Crippen molar-refractivity contribution in [3.63, 3.8) is 0 Å². The van der Waals surface area contributed by atoms with Crippen LogP contribution in [0.25, 0.3) is 0 Å². The van der Waals surface area contributed by atoms with E-state index in [4.69, 9.17) is 0 Å². The predicted molar refractivity (Wildman–Crippen MR) is 79.3 cm³/mol. The van der Waals surface area contributed by atoms with Gasteiger partial charge < -0.3 is 0 Å². The van der Waals surface area contributed by atoms with Gasteiger partial charge in [0.25, 0.3) is 0 Å². The van der Waals surface area contributed by atoms with Crippen LogP contribution in [0.3, 0.4) is 0 Å². The maximum absolute atomic E-state index is 12.5. The molecule has 18 heavy (non-hydrogen) atoms. The fourth-order valence-electron chi connectivity index (χ4n) is 1.62. The minimum Gasteiger partial charge on any atom is -0.0991 e. The summed E-state index contributed by atoms with van der Waals surface area (Å²) in [5, 5.41) is 2.48. The molecule has 0 aromatic heterocycles. The Kier molecular flexibility index (Phi) is 5.34. The summed E-state index contributed by atoms with van der Waals surface area (Å²) in [7, 11) is -3.39. The van der Waals surface area contributed by atoms with E-state index < -0.39 is 15.6 Å². The number of rotatable bonds is 4. The molecule has 0 fully saturated rings. The number of hydrogen-bond donors (Lipinski definition) is 0. The second-order valence-corrected chi connectivity index (χ2v) is 6.92. The Morgan fingerprint density at radius 2 is 1.67 bits per heavy atom. The van der Waals surface area contributed by atoms with Gasteiger partial charge in [-0.1, -0.05) is 40.5 Å². The standard InChI is InChI=1S/C14H16O2P2/c1-5-8-10-13-11(4)17(15)12(7-3)14(9-6-2)18(13)16/h5-10H,1,3H2,2,4H3/q+2/b9-6-,10-8-. The van der Waals surface area contributed by atoms with E-state index >= 15 is 0 Å². The summed E-state index contributed by atoms with van der Waals surface area (Å²) >= 11 is 0. The van der Waals surface area contributed by atoms with Crippen LogP contribution in [0, 0.1) is 0 Å². The Balaban J connectivity index is 3.44. The van der Waals surface area contributed by atoms with Crippen molar-refractivity contribution in [2.24, 2.45) is 0 Å². The Morgan fingerprint density at radius 3 is 2.17 bits per heavy atom. The molecule has 0 amide bonds. The third kappa shape index (κ3) is 2.72. The third-order valence-electron chi connectivity index (χ3n) is 2.50. The number of allylic oxidation sites excluding steroid dienone is 10. The smallest absolute Gasteiger partial charge is 0.0991 e. The molecule has 1 aliphatic rings. The summed E-state index contributed by atoms with van der Waals surface area (Å²) in [6.45, 7) is 10.8. The molecule has 1 aliphatic heterocycles. The molecule has 0 saturated carbocycles. The zero-order chi connectivity index (χ0) is 13.7. The monoisotopic (exact) mass is 278 g/mol. The molecule has 1 rings (SSSR count). The van der Waals surface area contributed by atoms with Gasteiger partial charge in [-0.25, -0.2) is 0 Å². The highest BCUT2D eigenvalue weighted by Crippen LogP contribution is 2.60. The van der Waals surface area contributed by atoms with Crippen molar-refractivity contribution < 1.29 is 9.13 Å². The maximum Gasteiger partial charge on any atom is 0.424 e. The van der Waals surface area contributed by atoms with Gasteiger partial charge in [0.15, 0.2) is 0 Å². The average Bonchev–Trinajstić information content (AvgIpc) is 2.36. The van der Waals surface area contributed by atoms with Crippen LogP contribution < -0.4 is 0 Å². The Labute approximate surface area is 110 Å². The van der Waals surface area contributed by atoms with E-state index in [-0.39, 0.29) is 0 Å². The van der Waals surface area contributed by atoms with Crippen LogP contribution in [0.15, 0.2) is 70.9 Å². The van der Waals surface area contributed by atoms with Crippen LogP contribution in [0.2, 0.25) is 0 Å². The topological polar surface area (TPSA) is 34.1 Å². The molecule has 0 aromatic rings. The van der Waals surface area contributed by atoms with E-state index in [1.807, 2.05) is 6.92 Å². The van der Waals surface area contributed by atoms with Crippen LogP contribution >= 0.6 is 15.6 Å². The van der Waals surface area contributed by atoms with Crippen molar-refractivity contribution in [1.82, 2.24) is 0 Å². The lowest BCUT2D eigenvalue weighted by Crippen LogP contribution is -1.90. The van der Waals surface area contributed by atoms with Gasteiger partial charge in [-0.05, 0) is 25.2 Å². The first-order valence-electron chi connectivity index (χ1n) is 5.52. The van der Waals surface area contributed by atoms with Crippen LogP contribution in [-0.4, -0.2) is 0 Å². The molecule has 0 bridgehead atoms. The second-order valence-electron chi connectivity index (χ2n) is 3.63. The summed E-state index contributed by atoms with van der Waals surface area (Å²) in [4.78, 5) is 0. The highest BCUT2D eigenvalue weighted by atomic mass is 31.1. The van der Waals surface area contributed by atoms with E-state index in [0.29, 0.717) is 21.3 Å². The third-order valence-corrected chi connectivity index (χ3v) is 6.32. The number of hydrogen-bond acceptors (Lipinski definition) is 2. The first kappa shape index (κ1) is 14.7. The van der Waals surface area contributed by atoms with Gasteiger partial charge in [-0.2, -0.15) is 0 Å². The highest BCUT2D eigenvalue weighted by Gasteiger charge is 2.47. The fourth-order valence-corrected chi connectivity index (χ4v) is 5.16. The van der Waals surface area contributed by atoms with Gasteiger partial charge in [-0.3, -0.25) is 0 Å². The van der Waals surface area contributed by atoms with Crippen LogP contribution in [0.5, 0.6) is 0 Å². The molecular formula is C14H16O2P2+2.